The predicted molar refractivity (Wildman–Crippen MR) is 65.2 cm³/mol. The van der Waals surface area contributed by atoms with Crippen LogP contribution in [0, 0.1) is 5.92 Å². The molecule has 0 saturated carbocycles. The first-order valence-corrected chi connectivity index (χ1v) is 6.07. The van der Waals surface area contributed by atoms with Gasteiger partial charge in [0.2, 0.25) is 0 Å². The molecule has 0 radical (unpaired) electrons. The van der Waals surface area contributed by atoms with Gasteiger partial charge in [-0.15, -0.1) is 0 Å². The van der Waals surface area contributed by atoms with E-state index in [1.165, 1.54) is 6.07 Å². The number of halogens is 3. The lowest BCUT2D eigenvalue weighted by Gasteiger charge is -2.31. The number of aliphatic hydroxyl groups is 1. The van der Waals surface area contributed by atoms with Crippen LogP contribution in [0.1, 0.15) is 38.3 Å². The van der Waals surface area contributed by atoms with E-state index in [-0.39, 0.29) is 12.3 Å². The Balaban J connectivity index is 2.98. The lowest BCUT2D eigenvalue weighted by Crippen LogP contribution is -2.36. The summed E-state index contributed by atoms with van der Waals surface area (Å²) < 4.78 is 37.7. The molecule has 102 valence electrons. The largest absolute Gasteiger partial charge is 0.416 e. The van der Waals surface area contributed by atoms with Crippen LogP contribution in [0.25, 0.3) is 0 Å². The molecule has 1 N–H and O–H groups in total. The van der Waals surface area contributed by atoms with Crippen molar-refractivity contribution in [2.75, 3.05) is 0 Å². The molecule has 1 unspecified atom stereocenters. The van der Waals surface area contributed by atoms with Crippen molar-refractivity contribution in [3.05, 3.63) is 35.4 Å². The molecule has 1 aromatic carbocycles. The van der Waals surface area contributed by atoms with Crippen molar-refractivity contribution in [1.82, 2.24) is 0 Å². The molecule has 1 rings (SSSR count). The summed E-state index contributed by atoms with van der Waals surface area (Å²) in [5, 5.41) is 10.4. The van der Waals surface area contributed by atoms with E-state index >= 15 is 0 Å². The second-order valence-corrected chi connectivity index (χ2v) is 4.99. The van der Waals surface area contributed by atoms with E-state index in [2.05, 4.69) is 0 Å². The molecule has 0 aliphatic carbocycles. The third-order valence-electron chi connectivity index (χ3n) is 3.45. The van der Waals surface area contributed by atoms with Gasteiger partial charge in [0, 0.05) is 6.42 Å². The van der Waals surface area contributed by atoms with Crippen molar-refractivity contribution in [1.29, 1.82) is 0 Å². The zero-order valence-corrected chi connectivity index (χ0v) is 10.9. The SMILES string of the molecule is CCC(O)(Cc1cccc(C(F)(F)F)c1)C(C)C. The zero-order valence-electron chi connectivity index (χ0n) is 10.9. The first-order valence-electron chi connectivity index (χ1n) is 6.07. The summed E-state index contributed by atoms with van der Waals surface area (Å²) >= 11 is 0. The van der Waals surface area contributed by atoms with E-state index in [0.29, 0.717) is 12.0 Å². The topological polar surface area (TPSA) is 20.2 Å². The Bertz CT molecular complexity index is 398. The summed E-state index contributed by atoms with van der Waals surface area (Å²) in [4.78, 5) is 0. The van der Waals surface area contributed by atoms with Crippen molar-refractivity contribution < 1.29 is 18.3 Å². The fraction of sp³-hybridized carbons (Fsp3) is 0.571. The molecule has 0 saturated heterocycles. The van der Waals surface area contributed by atoms with E-state index < -0.39 is 17.3 Å². The van der Waals surface area contributed by atoms with Gasteiger partial charge in [-0.1, -0.05) is 39.0 Å². The molecule has 0 aliphatic heterocycles. The highest BCUT2D eigenvalue weighted by Gasteiger charge is 2.32. The molecule has 0 fully saturated rings. The van der Waals surface area contributed by atoms with Gasteiger partial charge in [-0.25, -0.2) is 0 Å². The second kappa shape index (κ2) is 5.31. The Hall–Kier alpha value is -1.03. The summed E-state index contributed by atoms with van der Waals surface area (Å²) in [5.41, 5.74) is -1.10. The van der Waals surface area contributed by atoms with Crippen LogP contribution in [-0.2, 0) is 12.6 Å². The van der Waals surface area contributed by atoms with E-state index in [0.717, 1.165) is 12.1 Å². The van der Waals surface area contributed by atoms with Gasteiger partial charge in [-0.2, -0.15) is 13.2 Å². The zero-order chi connectivity index (χ0) is 14.0. The van der Waals surface area contributed by atoms with Gasteiger partial charge in [-0.05, 0) is 24.0 Å². The van der Waals surface area contributed by atoms with Gasteiger partial charge in [0.15, 0.2) is 0 Å². The van der Waals surface area contributed by atoms with Crippen molar-refractivity contribution in [2.24, 2.45) is 5.92 Å². The van der Waals surface area contributed by atoms with E-state index in [1.807, 2.05) is 20.8 Å². The van der Waals surface area contributed by atoms with Crippen LogP contribution < -0.4 is 0 Å². The van der Waals surface area contributed by atoms with Crippen LogP contribution in [0.2, 0.25) is 0 Å². The van der Waals surface area contributed by atoms with Crippen molar-refractivity contribution >= 4 is 0 Å². The molecule has 1 aromatic rings. The Labute approximate surface area is 106 Å². The van der Waals surface area contributed by atoms with Gasteiger partial charge in [0.1, 0.15) is 0 Å². The fourth-order valence-corrected chi connectivity index (χ4v) is 1.95. The van der Waals surface area contributed by atoms with Gasteiger partial charge < -0.3 is 5.11 Å². The first-order chi connectivity index (χ1) is 8.19. The lowest BCUT2D eigenvalue weighted by molar-refractivity contribution is -0.137. The monoisotopic (exact) mass is 260 g/mol. The third kappa shape index (κ3) is 3.48. The Morgan fingerprint density at radius 3 is 2.28 bits per heavy atom. The van der Waals surface area contributed by atoms with Crippen LogP contribution in [-0.4, -0.2) is 10.7 Å². The summed E-state index contributed by atoms with van der Waals surface area (Å²) in [6.45, 7) is 5.59. The second-order valence-electron chi connectivity index (χ2n) is 4.99. The number of hydrogen-bond donors (Lipinski definition) is 1. The van der Waals surface area contributed by atoms with Gasteiger partial charge in [0.05, 0.1) is 11.2 Å². The number of benzene rings is 1. The highest BCUT2D eigenvalue weighted by molar-refractivity contribution is 5.27. The van der Waals surface area contributed by atoms with Crippen molar-refractivity contribution in [2.45, 2.75) is 45.4 Å². The minimum Gasteiger partial charge on any atom is -0.389 e. The minimum absolute atomic E-state index is 0.00274. The summed E-state index contributed by atoms with van der Waals surface area (Å²) in [5.74, 6) is -0.00274. The lowest BCUT2D eigenvalue weighted by atomic mass is 9.82. The average molecular weight is 260 g/mol. The molecule has 0 bridgehead atoms. The normalized spacial score (nSPS) is 15.8. The Morgan fingerprint density at radius 1 is 1.22 bits per heavy atom. The molecule has 0 aromatic heterocycles. The number of rotatable bonds is 4. The molecule has 0 aliphatic rings. The van der Waals surface area contributed by atoms with Crippen LogP contribution in [0.15, 0.2) is 24.3 Å². The maximum absolute atomic E-state index is 12.6. The summed E-state index contributed by atoms with van der Waals surface area (Å²) in [7, 11) is 0. The Kier molecular flexibility index (Phi) is 4.43. The average Bonchev–Trinajstić information content (AvgIpc) is 2.28. The van der Waals surface area contributed by atoms with E-state index in [4.69, 9.17) is 0 Å². The maximum Gasteiger partial charge on any atom is 0.416 e. The molecule has 0 spiro atoms. The molecule has 4 heteroatoms. The smallest absolute Gasteiger partial charge is 0.389 e. The number of alkyl halides is 3. The van der Waals surface area contributed by atoms with Crippen LogP contribution in [0.5, 0.6) is 0 Å². The molecule has 1 nitrogen and oxygen atoms in total. The highest BCUT2D eigenvalue weighted by atomic mass is 19.4. The van der Waals surface area contributed by atoms with Crippen LogP contribution >= 0.6 is 0 Å². The van der Waals surface area contributed by atoms with Crippen LogP contribution in [0.3, 0.4) is 0 Å². The van der Waals surface area contributed by atoms with Gasteiger partial charge in [-0.3, -0.25) is 0 Å². The molecule has 1 atom stereocenters. The highest BCUT2D eigenvalue weighted by Crippen LogP contribution is 2.31. The van der Waals surface area contributed by atoms with Crippen LogP contribution in [0.4, 0.5) is 13.2 Å². The molecule has 18 heavy (non-hydrogen) atoms. The molecular weight excluding hydrogens is 241 g/mol. The maximum atomic E-state index is 12.6. The fourth-order valence-electron chi connectivity index (χ4n) is 1.95. The van der Waals surface area contributed by atoms with Gasteiger partial charge >= 0.3 is 6.18 Å². The Morgan fingerprint density at radius 2 is 1.83 bits per heavy atom. The van der Waals surface area contributed by atoms with E-state index in [1.54, 1.807) is 6.07 Å². The van der Waals surface area contributed by atoms with Crippen molar-refractivity contribution in [3.8, 4) is 0 Å². The first kappa shape index (κ1) is 15.0. The molecule has 0 amide bonds. The molecular formula is C14H19F3O. The predicted octanol–water partition coefficient (Wildman–Crippen LogP) is 4.05. The minimum atomic E-state index is -4.34. The summed E-state index contributed by atoms with van der Waals surface area (Å²) in [6, 6.07) is 5.17. The summed E-state index contributed by atoms with van der Waals surface area (Å²) in [6.07, 6.45) is -3.58. The number of hydrogen-bond acceptors (Lipinski definition) is 1. The molecule has 0 heterocycles. The third-order valence-corrected chi connectivity index (χ3v) is 3.45. The van der Waals surface area contributed by atoms with E-state index in [9.17, 15) is 18.3 Å². The van der Waals surface area contributed by atoms with Gasteiger partial charge in [0.25, 0.3) is 0 Å². The standard InChI is InChI=1S/C14H19F3O/c1-4-13(18,10(2)3)9-11-6-5-7-12(8-11)14(15,16)17/h5-8,10,18H,4,9H2,1-3H3. The quantitative estimate of drug-likeness (QED) is 0.866. The van der Waals surface area contributed by atoms with Crippen molar-refractivity contribution in [3.63, 3.8) is 0 Å².